The number of hydrogen-bond acceptors (Lipinski definition) is 2. The zero-order valence-corrected chi connectivity index (χ0v) is 14.3. The van der Waals surface area contributed by atoms with Crippen molar-refractivity contribution in [2.24, 2.45) is 4.99 Å². The molecule has 2 aromatic rings. The van der Waals surface area contributed by atoms with Gasteiger partial charge in [0.2, 0.25) is 11.9 Å². The Bertz CT molecular complexity index is 751. The Morgan fingerprint density at radius 1 is 0.840 bits per heavy atom. The summed E-state index contributed by atoms with van der Waals surface area (Å²) in [5.74, 6) is 0.930. The molecule has 1 aliphatic carbocycles. The maximum atomic E-state index is 12.9. The molecular weight excluding hydrogens is 310 g/mol. The van der Waals surface area contributed by atoms with Crippen LogP contribution in [0.25, 0.3) is 0 Å². The lowest BCUT2D eigenvalue weighted by molar-refractivity contribution is -0.126. The van der Waals surface area contributed by atoms with Crippen molar-refractivity contribution in [3.63, 3.8) is 0 Å². The van der Waals surface area contributed by atoms with Crippen molar-refractivity contribution < 1.29 is 4.79 Å². The standard InChI is InChI=1S/C21H23N3O/c25-20-16-23(18-12-6-2-7-13-18)21(22-17-10-4-1-5-11-17)24(20)19-14-8-3-9-15-19/h1-2,4-7,10-13,19H,3,8-9,14-16H2. The van der Waals surface area contributed by atoms with Crippen LogP contribution in [-0.2, 0) is 4.79 Å². The normalized spacial score (nSPS) is 20.5. The number of carbonyl (C=O) groups is 1. The molecule has 1 amide bonds. The summed E-state index contributed by atoms with van der Waals surface area (Å²) in [7, 11) is 0. The first-order valence-corrected chi connectivity index (χ1v) is 9.11. The average molecular weight is 333 g/mol. The number of guanidine groups is 1. The molecule has 128 valence electrons. The molecule has 4 heteroatoms. The van der Waals surface area contributed by atoms with Crippen molar-refractivity contribution in [2.75, 3.05) is 11.4 Å². The molecule has 2 fully saturated rings. The number of carbonyl (C=O) groups excluding carboxylic acids is 1. The van der Waals surface area contributed by atoms with Crippen LogP contribution in [-0.4, -0.2) is 29.4 Å². The minimum absolute atomic E-state index is 0.158. The molecule has 0 bridgehead atoms. The van der Waals surface area contributed by atoms with Gasteiger partial charge in [-0.25, -0.2) is 4.99 Å². The highest BCUT2D eigenvalue weighted by Gasteiger charge is 2.39. The third kappa shape index (κ3) is 3.29. The number of benzene rings is 2. The van der Waals surface area contributed by atoms with Gasteiger partial charge in [0, 0.05) is 11.7 Å². The van der Waals surface area contributed by atoms with Crippen LogP contribution in [0.3, 0.4) is 0 Å². The van der Waals surface area contributed by atoms with Gasteiger partial charge in [-0.3, -0.25) is 9.69 Å². The summed E-state index contributed by atoms with van der Waals surface area (Å²) in [4.78, 5) is 21.7. The summed E-state index contributed by atoms with van der Waals surface area (Å²) < 4.78 is 0. The van der Waals surface area contributed by atoms with Crippen LogP contribution >= 0.6 is 0 Å². The van der Waals surface area contributed by atoms with Gasteiger partial charge in [-0.05, 0) is 37.1 Å². The summed E-state index contributed by atoms with van der Waals surface area (Å²) >= 11 is 0. The Kier molecular flexibility index (Phi) is 4.51. The fourth-order valence-electron chi connectivity index (χ4n) is 3.78. The SMILES string of the molecule is O=C1CN(c2ccccc2)C(=Nc2ccccc2)N1C1CCCCC1. The van der Waals surface area contributed by atoms with Crippen LogP contribution in [0.2, 0.25) is 0 Å². The van der Waals surface area contributed by atoms with E-state index in [1.54, 1.807) is 0 Å². The summed E-state index contributed by atoms with van der Waals surface area (Å²) in [5.41, 5.74) is 1.90. The van der Waals surface area contributed by atoms with Gasteiger partial charge in [0.25, 0.3) is 0 Å². The van der Waals surface area contributed by atoms with Gasteiger partial charge >= 0.3 is 0 Å². The molecule has 1 aliphatic heterocycles. The number of para-hydroxylation sites is 2. The third-order valence-electron chi connectivity index (χ3n) is 5.01. The first-order chi connectivity index (χ1) is 12.3. The van der Waals surface area contributed by atoms with Crippen molar-refractivity contribution in [3.8, 4) is 0 Å². The van der Waals surface area contributed by atoms with Crippen molar-refractivity contribution in [1.29, 1.82) is 0 Å². The summed E-state index contributed by atoms with van der Waals surface area (Å²) in [6.45, 7) is 0.367. The van der Waals surface area contributed by atoms with E-state index in [0.717, 1.165) is 30.2 Å². The Balaban J connectivity index is 1.74. The second-order valence-corrected chi connectivity index (χ2v) is 6.72. The van der Waals surface area contributed by atoms with Gasteiger partial charge in [-0.15, -0.1) is 0 Å². The molecule has 25 heavy (non-hydrogen) atoms. The smallest absolute Gasteiger partial charge is 0.249 e. The van der Waals surface area contributed by atoms with Crippen molar-refractivity contribution in [1.82, 2.24) is 4.90 Å². The zero-order chi connectivity index (χ0) is 17.1. The van der Waals surface area contributed by atoms with E-state index in [2.05, 4.69) is 0 Å². The van der Waals surface area contributed by atoms with Gasteiger partial charge in [-0.1, -0.05) is 55.7 Å². The van der Waals surface area contributed by atoms with Crippen LogP contribution in [0.1, 0.15) is 32.1 Å². The minimum Gasteiger partial charge on any atom is -0.302 e. The van der Waals surface area contributed by atoms with E-state index in [-0.39, 0.29) is 11.9 Å². The highest BCUT2D eigenvalue weighted by atomic mass is 16.2. The van der Waals surface area contributed by atoms with E-state index in [1.165, 1.54) is 19.3 Å². The third-order valence-corrected chi connectivity index (χ3v) is 5.01. The van der Waals surface area contributed by atoms with E-state index in [0.29, 0.717) is 6.54 Å². The van der Waals surface area contributed by atoms with E-state index in [9.17, 15) is 4.79 Å². The Hall–Kier alpha value is -2.62. The molecule has 2 aliphatic rings. The Morgan fingerprint density at radius 3 is 2.16 bits per heavy atom. The topological polar surface area (TPSA) is 35.9 Å². The lowest BCUT2D eigenvalue weighted by Gasteiger charge is -2.31. The van der Waals surface area contributed by atoms with Gasteiger partial charge in [0.15, 0.2) is 0 Å². The lowest BCUT2D eigenvalue weighted by atomic mass is 9.94. The number of nitrogens with zero attached hydrogens (tertiary/aromatic N) is 3. The monoisotopic (exact) mass is 333 g/mol. The van der Waals surface area contributed by atoms with Crippen LogP contribution < -0.4 is 4.90 Å². The Morgan fingerprint density at radius 2 is 1.48 bits per heavy atom. The molecular formula is C21H23N3O. The molecule has 0 N–H and O–H groups in total. The molecule has 0 radical (unpaired) electrons. The zero-order valence-electron chi connectivity index (χ0n) is 14.3. The maximum absolute atomic E-state index is 12.9. The Labute approximate surface area is 148 Å². The number of aliphatic imine (C=N–C) groups is 1. The fraction of sp³-hybridized carbons (Fsp3) is 0.333. The van der Waals surface area contributed by atoms with E-state index in [1.807, 2.05) is 70.5 Å². The first-order valence-electron chi connectivity index (χ1n) is 9.11. The van der Waals surface area contributed by atoms with Crippen molar-refractivity contribution in [2.45, 2.75) is 38.1 Å². The van der Waals surface area contributed by atoms with Crippen molar-refractivity contribution >= 4 is 23.2 Å². The van der Waals surface area contributed by atoms with E-state index >= 15 is 0 Å². The second kappa shape index (κ2) is 7.09. The molecule has 4 rings (SSSR count). The van der Waals surface area contributed by atoms with Gasteiger partial charge in [0.05, 0.1) is 5.69 Å². The highest BCUT2D eigenvalue weighted by molar-refractivity contribution is 6.15. The fourth-order valence-corrected chi connectivity index (χ4v) is 3.78. The molecule has 0 spiro atoms. The van der Waals surface area contributed by atoms with Crippen molar-refractivity contribution in [3.05, 3.63) is 60.7 Å². The highest BCUT2D eigenvalue weighted by Crippen LogP contribution is 2.30. The molecule has 4 nitrogen and oxygen atoms in total. The molecule has 0 unspecified atom stereocenters. The second-order valence-electron chi connectivity index (χ2n) is 6.72. The summed E-state index contributed by atoms with van der Waals surface area (Å²) in [6, 6.07) is 20.3. The largest absolute Gasteiger partial charge is 0.302 e. The van der Waals surface area contributed by atoms with Gasteiger partial charge in [0.1, 0.15) is 6.54 Å². The predicted octanol–water partition coefficient (Wildman–Crippen LogP) is 4.36. The lowest BCUT2D eigenvalue weighted by Crippen LogP contribution is -2.43. The maximum Gasteiger partial charge on any atom is 0.249 e. The van der Waals surface area contributed by atoms with Gasteiger partial charge in [-0.2, -0.15) is 0 Å². The molecule has 1 heterocycles. The molecule has 1 saturated heterocycles. The van der Waals surface area contributed by atoms with Crippen LogP contribution in [0.15, 0.2) is 65.7 Å². The number of hydrogen-bond donors (Lipinski definition) is 0. The van der Waals surface area contributed by atoms with Crippen LogP contribution in [0.4, 0.5) is 11.4 Å². The van der Waals surface area contributed by atoms with E-state index < -0.39 is 0 Å². The molecule has 1 saturated carbocycles. The molecule has 0 aromatic heterocycles. The quantitative estimate of drug-likeness (QED) is 0.837. The van der Waals surface area contributed by atoms with E-state index in [4.69, 9.17) is 4.99 Å². The summed E-state index contributed by atoms with van der Waals surface area (Å²) in [5, 5.41) is 0. The minimum atomic E-state index is 0.158. The summed E-state index contributed by atoms with van der Waals surface area (Å²) in [6.07, 6.45) is 5.80. The number of anilines is 1. The number of amides is 1. The molecule has 2 aromatic carbocycles. The molecule has 0 atom stereocenters. The van der Waals surface area contributed by atoms with Crippen LogP contribution in [0.5, 0.6) is 0 Å². The van der Waals surface area contributed by atoms with Gasteiger partial charge < -0.3 is 4.90 Å². The number of rotatable bonds is 3. The average Bonchev–Trinajstić information content (AvgIpc) is 3.00. The first kappa shape index (κ1) is 15.9. The predicted molar refractivity (Wildman–Crippen MR) is 101 cm³/mol. The van der Waals surface area contributed by atoms with Crippen LogP contribution in [0, 0.1) is 0 Å².